The van der Waals surface area contributed by atoms with E-state index in [0.29, 0.717) is 18.7 Å². The molecule has 0 N–H and O–H groups in total. The molecule has 1 fully saturated rings. The molecule has 1 saturated heterocycles. The maximum absolute atomic E-state index is 12.5. The number of ether oxygens (including phenoxy) is 2. The van der Waals surface area contributed by atoms with Crippen molar-refractivity contribution >= 4 is 17.8 Å². The van der Waals surface area contributed by atoms with Crippen LogP contribution in [0.1, 0.15) is 24.2 Å². The molecule has 0 unspecified atom stereocenters. The van der Waals surface area contributed by atoms with Crippen LogP contribution in [0.5, 0.6) is 11.5 Å². The van der Waals surface area contributed by atoms with Gasteiger partial charge >= 0.3 is 11.9 Å². The average Bonchev–Trinajstić information content (AvgIpc) is 2.48. The first-order valence-electron chi connectivity index (χ1n) is 7.35. The van der Waals surface area contributed by atoms with Crippen LogP contribution < -0.4 is 9.47 Å². The highest BCUT2D eigenvalue weighted by Crippen LogP contribution is 2.29. The summed E-state index contributed by atoms with van der Waals surface area (Å²) in [5.74, 6) is -1.05. The second-order valence-corrected chi connectivity index (χ2v) is 5.44. The van der Waals surface area contributed by atoms with Gasteiger partial charge in [-0.1, -0.05) is 0 Å². The molecular weight excluding hydrogens is 300 g/mol. The van der Waals surface area contributed by atoms with E-state index in [1.54, 1.807) is 11.0 Å². The minimum Gasteiger partial charge on any atom is -0.423 e. The van der Waals surface area contributed by atoms with E-state index in [1.165, 1.54) is 26.0 Å². The molecule has 1 aromatic carbocycles. The summed E-state index contributed by atoms with van der Waals surface area (Å²) in [6.45, 7) is 5.41. The molecule has 1 aromatic rings. The Bertz CT molecular complexity index is 621. The van der Waals surface area contributed by atoms with Crippen molar-refractivity contribution in [3.63, 3.8) is 0 Å². The van der Waals surface area contributed by atoms with Crippen LogP contribution in [-0.2, 0) is 9.59 Å². The molecule has 0 bridgehead atoms. The van der Waals surface area contributed by atoms with Crippen molar-refractivity contribution in [3.8, 4) is 11.5 Å². The van der Waals surface area contributed by atoms with E-state index in [1.807, 2.05) is 7.05 Å². The molecule has 1 amide bonds. The maximum Gasteiger partial charge on any atom is 0.308 e. The van der Waals surface area contributed by atoms with Gasteiger partial charge in [0.1, 0.15) is 0 Å². The predicted molar refractivity (Wildman–Crippen MR) is 82.5 cm³/mol. The summed E-state index contributed by atoms with van der Waals surface area (Å²) in [5.41, 5.74) is 0.390. The van der Waals surface area contributed by atoms with Crippen molar-refractivity contribution in [2.45, 2.75) is 13.8 Å². The smallest absolute Gasteiger partial charge is 0.308 e. The lowest BCUT2D eigenvalue weighted by atomic mass is 10.1. The Morgan fingerprint density at radius 1 is 0.913 bits per heavy atom. The second-order valence-electron chi connectivity index (χ2n) is 5.44. The fraction of sp³-hybridized carbons (Fsp3) is 0.438. The number of carbonyl (C=O) groups excluding carboxylic acids is 3. The van der Waals surface area contributed by atoms with Gasteiger partial charge in [-0.05, 0) is 25.2 Å². The Morgan fingerprint density at radius 2 is 1.48 bits per heavy atom. The summed E-state index contributed by atoms with van der Waals surface area (Å²) in [6.07, 6.45) is 0. The van der Waals surface area contributed by atoms with Gasteiger partial charge < -0.3 is 19.3 Å². The van der Waals surface area contributed by atoms with E-state index in [-0.39, 0.29) is 17.4 Å². The van der Waals surface area contributed by atoms with Crippen LogP contribution in [0.15, 0.2) is 18.2 Å². The van der Waals surface area contributed by atoms with Gasteiger partial charge in [-0.15, -0.1) is 0 Å². The number of likely N-dealkylation sites (N-methyl/N-ethyl adjacent to an activating group) is 1. The SMILES string of the molecule is CC(=O)Oc1ccc(C(=O)N2CCN(C)CC2)cc1OC(C)=O. The molecule has 0 radical (unpaired) electrons. The summed E-state index contributed by atoms with van der Waals surface area (Å²) >= 11 is 0. The zero-order valence-electron chi connectivity index (χ0n) is 13.5. The molecule has 7 nitrogen and oxygen atoms in total. The number of amides is 1. The van der Waals surface area contributed by atoms with Crippen molar-refractivity contribution < 1.29 is 23.9 Å². The van der Waals surface area contributed by atoms with E-state index in [9.17, 15) is 14.4 Å². The number of carbonyl (C=O) groups is 3. The van der Waals surface area contributed by atoms with E-state index in [4.69, 9.17) is 9.47 Å². The second kappa shape index (κ2) is 7.23. The summed E-state index contributed by atoms with van der Waals surface area (Å²) in [6, 6.07) is 4.45. The molecule has 1 aliphatic rings. The molecule has 0 atom stereocenters. The zero-order valence-corrected chi connectivity index (χ0v) is 13.5. The van der Waals surface area contributed by atoms with E-state index in [2.05, 4.69) is 4.90 Å². The maximum atomic E-state index is 12.5. The standard InChI is InChI=1S/C16H20N2O5/c1-11(19)22-14-5-4-13(10-15(14)23-12(2)20)16(21)18-8-6-17(3)7-9-18/h4-5,10H,6-9H2,1-3H3. The van der Waals surface area contributed by atoms with Crippen LogP contribution in [-0.4, -0.2) is 60.9 Å². The molecule has 0 aromatic heterocycles. The molecule has 2 rings (SSSR count). The molecule has 1 aliphatic heterocycles. The highest BCUT2D eigenvalue weighted by molar-refractivity contribution is 5.95. The third-order valence-electron chi connectivity index (χ3n) is 3.49. The Labute approximate surface area is 134 Å². The number of hydrogen-bond acceptors (Lipinski definition) is 6. The summed E-state index contributed by atoms with van der Waals surface area (Å²) in [7, 11) is 2.01. The van der Waals surface area contributed by atoms with Crippen LogP contribution in [0.4, 0.5) is 0 Å². The molecule has 0 saturated carbocycles. The molecular formula is C16H20N2O5. The van der Waals surface area contributed by atoms with E-state index >= 15 is 0 Å². The number of nitrogens with zero attached hydrogens (tertiary/aromatic N) is 2. The quantitative estimate of drug-likeness (QED) is 0.609. The van der Waals surface area contributed by atoms with Crippen molar-refractivity contribution in [2.24, 2.45) is 0 Å². The van der Waals surface area contributed by atoms with Crippen LogP contribution in [0, 0.1) is 0 Å². The number of rotatable bonds is 3. The monoisotopic (exact) mass is 320 g/mol. The molecule has 23 heavy (non-hydrogen) atoms. The Balaban J connectivity index is 2.23. The number of piperazine rings is 1. The molecule has 1 heterocycles. The highest BCUT2D eigenvalue weighted by atomic mass is 16.6. The summed E-state index contributed by atoms with van der Waals surface area (Å²) in [4.78, 5) is 38.7. The normalized spacial score (nSPS) is 15.2. The van der Waals surface area contributed by atoms with Crippen LogP contribution in [0.3, 0.4) is 0 Å². The van der Waals surface area contributed by atoms with Crippen molar-refractivity contribution in [2.75, 3.05) is 33.2 Å². The van der Waals surface area contributed by atoms with Crippen LogP contribution >= 0.6 is 0 Å². The Kier molecular flexibility index (Phi) is 5.33. The van der Waals surface area contributed by atoms with Crippen LogP contribution in [0.2, 0.25) is 0 Å². The highest BCUT2D eigenvalue weighted by Gasteiger charge is 2.22. The summed E-state index contributed by atoms with van der Waals surface area (Å²) in [5, 5.41) is 0. The van der Waals surface area contributed by atoms with Gasteiger partial charge in [-0.2, -0.15) is 0 Å². The van der Waals surface area contributed by atoms with Gasteiger partial charge in [0.15, 0.2) is 11.5 Å². The molecule has 0 spiro atoms. The van der Waals surface area contributed by atoms with E-state index in [0.717, 1.165) is 13.1 Å². The van der Waals surface area contributed by atoms with Gasteiger partial charge in [0.25, 0.3) is 5.91 Å². The van der Waals surface area contributed by atoms with Gasteiger partial charge in [0, 0.05) is 45.6 Å². The lowest BCUT2D eigenvalue weighted by Crippen LogP contribution is -2.47. The lowest BCUT2D eigenvalue weighted by molar-refractivity contribution is -0.134. The minimum atomic E-state index is -0.553. The fourth-order valence-corrected chi connectivity index (χ4v) is 2.31. The Morgan fingerprint density at radius 3 is 2.04 bits per heavy atom. The van der Waals surface area contributed by atoms with Gasteiger partial charge in [0.05, 0.1) is 0 Å². The fourth-order valence-electron chi connectivity index (χ4n) is 2.31. The summed E-state index contributed by atoms with van der Waals surface area (Å²) < 4.78 is 10.0. The predicted octanol–water partition coefficient (Wildman–Crippen LogP) is 0.925. The van der Waals surface area contributed by atoms with E-state index < -0.39 is 11.9 Å². The van der Waals surface area contributed by atoms with Crippen molar-refractivity contribution in [1.29, 1.82) is 0 Å². The number of benzene rings is 1. The largest absolute Gasteiger partial charge is 0.423 e. The average molecular weight is 320 g/mol. The topological polar surface area (TPSA) is 76.2 Å². The van der Waals surface area contributed by atoms with Crippen molar-refractivity contribution in [1.82, 2.24) is 9.80 Å². The van der Waals surface area contributed by atoms with Gasteiger partial charge in [-0.3, -0.25) is 14.4 Å². The molecule has 7 heteroatoms. The molecule has 124 valence electrons. The third-order valence-corrected chi connectivity index (χ3v) is 3.49. The first-order valence-corrected chi connectivity index (χ1v) is 7.35. The first-order chi connectivity index (χ1) is 10.9. The lowest BCUT2D eigenvalue weighted by Gasteiger charge is -2.32. The zero-order chi connectivity index (χ0) is 17.0. The number of esters is 2. The third kappa shape index (κ3) is 4.53. The molecule has 0 aliphatic carbocycles. The van der Waals surface area contributed by atoms with Crippen LogP contribution in [0.25, 0.3) is 0 Å². The number of hydrogen-bond donors (Lipinski definition) is 0. The first kappa shape index (κ1) is 17.0. The van der Waals surface area contributed by atoms with Crippen molar-refractivity contribution in [3.05, 3.63) is 23.8 Å². The van der Waals surface area contributed by atoms with Gasteiger partial charge in [-0.25, -0.2) is 0 Å². The van der Waals surface area contributed by atoms with Gasteiger partial charge in [0.2, 0.25) is 0 Å². The minimum absolute atomic E-state index is 0.0627. The Hall–Kier alpha value is -2.41.